The molecule has 0 aliphatic carbocycles. The molecule has 7 nitrogen and oxygen atoms in total. The van der Waals surface area contributed by atoms with Crippen LogP contribution in [0.5, 0.6) is 0 Å². The molecule has 0 saturated carbocycles. The van der Waals surface area contributed by atoms with Gasteiger partial charge in [0.15, 0.2) is 0 Å². The highest BCUT2D eigenvalue weighted by Gasteiger charge is 2.07. The lowest BCUT2D eigenvalue weighted by molar-refractivity contribution is 0.0950. The summed E-state index contributed by atoms with van der Waals surface area (Å²) in [5.41, 5.74) is 3.38. The molecule has 0 bridgehead atoms. The largest absolute Gasteiger partial charge is 0.378 e. The summed E-state index contributed by atoms with van der Waals surface area (Å²) in [6, 6.07) is 11.6. The molecule has 1 aromatic carbocycles. The minimum atomic E-state index is -0.219. The van der Waals surface area contributed by atoms with Crippen molar-refractivity contribution in [2.45, 2.75) is 6.54 Å². The zero-order valence-corrected chi connectivity index (χ0v) is 14.7. The van der Waals surface area contributed by atoms with E-state index in [1.807, 2.05) is 55.4 Å². The van der Waals surface area contributed by atoms with Gasteiger partial charge in [0, 0.05) is 56.8 Å². The Morgan fingerprint density at radius 2 is 1.65 bits per heavy atom. The van der Waals surface area contributed by atoms with Crippen molar-refractivity contribution in [1.29, 1.82) is 0 Å². The van der Waals surface area contributed by atoms with E-state index in [1.54, 1.807) is 12.4 Å². The average Bonchev–Trinajstić information content (AvgIpc) is 2.68. The van der Waals surface area contributed by atoms with Crippen LogP contribution in [-0.2, 0) is 6.54 Å². The topological polar surface area (TPSA) is 83.0 Å². The van der Waals surface area contributed by atoms with Gasteiger partial charge in [-0.2, -0.15) is 0 Å². The van der Waals surface area contributed by atoms with Crippen molar-refractivity contribution in [3.8, 4) is 0 Å². The molecule has 0 fully saturated rings. The van der Waals surface area contributed by atoms with E-state index in [2.05, 4.69) is 25.6 Å². The molecule has 26 heavy (non-hydrogen) atoms. The van der Waals surface area contributed by atoms with Crippen LogP contribution < -0.4 is 15.5 Å². The van der Waals surface area contributed by atoms with Crippen molar-refractivity contribution in [3.05, 3.63) is 72.3 Å². The molecule has 132 valence electrons. The number of carbonyl (C=O) groups is 1. The van der Waals surface area contributed by atoms with E-state index < -0.39 is 0 Å². The molecule has 0 saturated heterocycles. The van der Waals surface area contributed by atoms with Crippen molar-refractivity contribution in [2.24, 2.45) is 0 Å². The average molecular weight is 348 g/mol. The van der Waals surface area contributed by atoms with Gasteiger partial charge in [-0.1, -0.05) is 0 Å². The Labute approximate surface area is 152 Å². The lowest BCUT2D eigenvalue weighted by Crippen LogP contribution is -2.23. The Morgan fingerprint density at radius 3 is 2.27 bits per heavy atom. The summed E-state index contributed by atoms with van der Waals surface area (Å²) >= 11 is 0. The number of hydrogen-bond acceptors (Lipinski definition) is 6. The van der Waals surface area contributed by atoms with E-state index in [0.717, 1.165) is 16.9 Å². The second-order valence-corrected chi connectivity index (χ2v) is 5.90. The number of carbonyl (C=O) groups excluding carboxylic acids is 1. The van der Waals surface area contributed by atoms with Crippen LogP contribution in [0.4, 0.5) is 17.3 Å². The van der Waals surface area contributed by atoms with Gasteiger partial charge in [0.05, 0.1) is 5.56 Å². The Hall–Kier alpha value is -3.48. The Kier molecular flexibility index (Phi) is 5.38. The van der Waals surface area contributed by atoms with Crippen LogP contribution in [0.2, 0.25) is 0 Å². The quantitative estimate of drug-likeness (QED) is 0.712. The summed E-state index contributed by atoms with van der Waals surface area (Å²) in [5.74, 6) is 0.219. The SMILES string of the molecule is CN(C)c1ccc(Nc2ncc(C(=O)NCc3ccncc3)cn2)cc1. The molecule has 1 amide bonds. The van der Waals surface area contributed by atoms with Gasteiger partial charge in [-0.05, 0) is 42.0 Å². The number of nitrogens with zero attached hydrogens (tertiary/aromatic N) is 4. The highest BCUT2D eigenvalue weighted by Crippen LogP contribution is 2.18. The van der Waals surface area contributed by atoms with E-state index in [4.69, 9.17) is 0 Å². The normalized spacial score (nSPS) is 10.2. The maximum atomic E-state index is 12.2. The van der Waals surface area contributed by atoms with Gasteiger partial charge in [0.2, 0.25) is 5.95 Å². The number of anilines is 3. The van der Waals surface area contributed by atoms with E-state index in [-0.39, 0.29) is 5.91 Å². The molecule has 0 atom stereocenters. The van der Waals surface area contributed by atoms with Crippen LogP contribution in [0.25, 0.3) is 0 Å². The van der Waals surface area contributed by atoms with Gasteiger partial charge in [0.1, 0.15) is 0 Å². The van der Waals surface area contributed by atoms with E-state index in [0.29, 0.717) is 18.1 Å². The van der Waals surface area contributed by atoms with Crippen LogP contribution in [0, 0.1) is 0 Å². The predicted octanol–water partition coefficient (Wildman–Crippen LogP) is 2.61. The van der Waals surface area contributed by atoms with Gasteiger partial charge in [-0.25, -0.2) is 9.97 Å². The molecule has 2 N–H and O–H groups in total. The number of pyridine rings is 1. The highest BCUT2D eigenvalue weighted by molar-refractivity contribution is 5.93. The molecule has 3 aromatic rings. The van der Waals surface area contributed by atoms with Gasteiger partial charge >= 0.3 is 0 Å². The third kappa shape index (κ3) is 4.54. The third-order valence-electron chi connectivity index (χ3n) is 3.76. The second-order valence-electron chi connectivity index (χ2n) is 5.90. The molecular formula is C19H20N6O. The van der Waals surface area contributed by atoms with Crippen LogP contribution in [0.3, 0.4) is 0 Å². The number of rotatable bonds is 6. The summed E-state index contributed by atoms with van der Waals surface area (Å²) in [7, 11) is 3.98. The van der Waals surface area contributed by atoms with E-state index in [9.17, 15) is 4.79 Å². The van der Waals surface area contributed by atoms with Crippen LogP contribution >= 0.6 is 0 Å². The summed E-state index contributed by atoms with van der Waals surface area (Å²) in [6.45, 7) is 0.430. The molecule has 3 rings (SSSR count). The molecule has 0 unspecified atom stereocenters. The molecule has 0 aliphatic heterocycles. The van der Waals surface area contributed by atoms with E-state index >= 15 is 0 Å². The number of aromatic nitrogens is 3. The molecule has 0 aliphatic rings. The third-order valence-corrected chi connectivity index (χ3v) is 3.76. The number of nitrogens with one attached hydrogen (secondary N) is 2. The zero-order valence-electron chi connectivity index (χ0n) is 14.7. The van der Waals surface area contributed by atoms with Gasteiger partial charge in [-0.15, -0.1) is 0 Å². The summed E-state index contributed by atoms with van der Waals surface area (Å²) in [6.07, 6.45) is 6.39. The molecule has 7 heteroatoms. The first-order chi connectivity index (χ1) is 12.6. The number of hydrogen-bond donors (Lipinski definition) is 2. The first-order valence-corrected chi connectivity index (χ1v) is 8.15. The highest BCUT2D eigenvalue weighted by atomic mass is 16.1. The van der Waals surface area contributed by atoms with Crippen molar-refractivity contribution >= 4 is 23.2 Å². The monoisotopic (exact) mass is 348 g/mol. The lowest BCUT2D eigenvalue weighted by Gasteiger charge is -2.13. The summed E-state index contributed by atoms with van der Waals surface area (Å²) in [5, 5.41) is 5.94. The number of amides is 1. The maximum absolute atomic E-state index is 12.2. The minimum absolute atomic E-state index is 0.219. The molecule has 0 radical (unpaired) electrons. The fourth-order valence-corrected chi connectivity index (χ4v) is 2.27. The summed E-state index contributed by atoms with van der Waals surface area (Å²) < 4.78 is 0. The van der Waals surface area contributed by atoms with Crippen molar-refractivity contribution in [2.75, 3.05) is 24.3 Å². The molecule has 0 spiro atoms. The lowest BCUT2D eigenvalue weighted by atomic mass is 10.2. The molecular weight excluding hydrogens is 328 g/mol. The van der Waals surface area contributed by atoms with Gasteiger partial charge < -0.3 is 15.5 Å². The van der Waals surface area contributed by atoms with Crippen LogP contribution in [0.1, 0.15) is 15.9 Å². The first kappa shape index (κ1) is 17.3. The Morgan fingerprint density at radius 1 is 1.00 bits per heavy atom. The standard InChI is InChI=1S/C19H20N6O/c1-25(2)17-5-3-16(4-6-17)24-19-22-12-15(13-23-19)18(26)21-11-14-7-9-20-10-8-14/h3-10,12-13H,11H2,1-2H3,(H,21,26)(H,22,23,24). The Bertz CT molecular complexity index is 847. The smallest absolute Gasteiger partial charge is 0.254 e. The molecule has 2 aromatic heterocycles. The van der Waals surface area contributed by atoms with Crippen molar-refractivity contribution in [1.82, 2.24) is 20.3 Å². The van der Waals surface area contributed by atoms with E-state index in [1.165, 1.54) is 12.4 Å². The second kappa shape index (κ2) is 8.06. The van der Waals surface area contributed by atoms with Gasteiger partial charge in [-0.3, -0.25) is 9.78 Å². The predicted molar refractivity (Wildman–Crippen MR) is 101 cm³/mol. The van der Waals surface area contributed by atoms with Crippen LogP contribution in [-0.4, -0.2) is 35.0 Å². The summed E-state index contributed by atoms with van der Waals surface area (Å²) in [4.78, 5) is 26.5. The Balaban J connectivity index is 1.58. The fraction of sp³-hybridized carbons (Fsp3) is 0.158. The first-order valence-electron chi connectivity index (χ1n) is 8.15. The minimum Gasteiger partial charge on any atom is -0.378 e. The molecule has 2 heterocycles. The fourth-order valence-electron chi connectivity index (χ4n) is 2.27. The zero-order chi connectivity index (χ0) is 18.4. The van der Waals surface area contributed by atoms with Gasteiger partial charge in [0.25, 0.3) is 5.91 Å². The number of benzene rings is 1. The van der Waals surface area contributed by atoms with Crippen molar-refractivity contribution in [3.63, 3.8) is 0 Å². The van der Waals surface area contributed by atoms with Crippen LogP contribution in [0.15, 0.2) is 61.2 Å². The van der Waals surface area contributed by atoms with Crippen molar-refractivity contribution < 1.29 is 4.79 Å². The maximum Gasteiger partial charge on any atom is 0.254 e.